The molecule has 0 aliphatic carbocycles. The molecule has 6 nitrogen and oxygen atoms in total. The number of hydrazone groups is 1. The molecule has 0 atom stereocenters. The standard InChI is InChI=1S/C18H17BrN2O4/c1-2-12-9-14(19)7-8-16(12)25-11-17(22)21-20-10-13-5-3-4-6-15(13)18(23)24/h3-10H,2,11H2,1H3,(H,21,22)(H,23,24)/b20-10+. The van der Waals surface area contributed by atoms with Gasteiger partial charge in [0.2, 0.25) is 0 Å². The summed E-state index contributed by atoms with van der Waals surface area (Å²) in [6.07, 6.45) is 2.07. The van der Waals surface area contributed by atoms with Gasteiger partial charge in [-0.2, -0.15) is 5.10 Å². The summed E-state index contributed by atoms with van der Waals surface area (Å²) in [5.41, 5.74) is 3.82. The van der Waals surface area contributed by atoms with Crippen LogP contribution < -0.4 is 10.2 Å². The molecule has 7 heteroatoms. The molecule has 0 saturated heterocycles. The van der Waals surface area contributed by atoms with Gasteiger partial charge in [-0.3, -0.25) is 4.79 Å². The Labute approximate surface area is 153 Å². The molecule has 2 aromatic rings. The van der Waals surface area contributed by atoms with Gasteiger partial charge in [-0.25, -0.2) is 10.2 Å². The third-order valence-corrected chi connectivity index (χ3v) is 3.84. The first kappa shape index (κ1) is 18.7. The first-order valence-corrected chi connectivity index (χ1v) is 8.36. The van der Waals surface area contributed by atoms with E-state index in [2.05, 4.69) is 26.5 Å². The van der Waals surface area contributed by atoms with Gasteiger partial charge in [-0.15, -0.1) is 0 Å². The lowest BCUT2D eigenvalue weighted by Crippen LogP contribution is -2.25. The number of aryl methyl sites for hydroxylation is 1. The summed E-state index contributed by atoms with van der Waals surface area (Å²) < 4.78 is 6.46. The van der Waals surface area contributed by atoms with Crippen molar-refractivity contribution in [3.63, 3.8) is 0 Å². The van der Waals surface area contributed by atoms with Crippen molar-refractivity contribution in [3.05, 3.63) is 63.6 Å². The van der Waals surface area contributed by atoms with Gasteiger partial charge in [0.25, 0.3) is 5.91 Å². The van der Waals surface area contributed by atoms with Crippen molar-refractivity contribution in [2.24, 2.45) is 5.10 Å². The van der Waals surface area contributed by atoms with Crippen LogP contribution in [-0.4, -0.2) is 29.8 Å². The second-order valence-corrected chi connectivity index (χ2v) is 6.00. The van der Waals surface area contributed by atoms with Crippen molar-refractivity contribution in [3.8, 4) is 5.75 Å². The van der Waals surface area contributed by atoms with E-state index in [4.69, 9.17) is 9.84 Å². The summed E-state index contributed by atoms with van der Waals surface area (Å²) in [5.74, 6) is -0.853. The molecule has 0 unspecified atom stereocenters. The normalized spacial score (nSPS) is 10.6. The van der Waals surface area contributed by atoms with Crippen LogP contribution in [0.3, 0.4) is 0 Å². The maximum atomic E-state index is 11.8. The molecule has 0 aliphatic heterocycles. The highest BCUT2D eigenvalue weighted by molar-refractivity contribution is 9.10. The van der Waals surface area contributed by atoms with Crippen molar-refractivity contribution < 1.29 is 19.4 Å². The van der Waals surface area contributed by atoms with E-state index in [0.717, 1.165) is 16.5 Å². The summed E-state index contributed by atoms with van der Waals surface area (Å²) in [7, 11) is 0. The average molecular weight is 405 g/mol. The number of aromatic carboxylic acids is 1. The number of carboxylic acids is 1. The zero-order chi connectivity index (χ0) is 18.2. The molecule has 0 bridgehead atoms. The third-order valence-electron chi connectivity index (χ3n) is 3.35. The molecular weight excluding hydrogens is 388 g/mol. The molecular formula is C18H17BrN2O4. The molecule has 0 fully saturated rings. The Morgan fingerprint density at radius 2 is 2.04 bits per heavy atom. The number of ether oxygens (including phenoxy) is 1. The number of benzene rings is 2. The van der Waals surface area contributed by atoms with E-state index in [9.17, 15) is 9.59 Å². The van der Waals surface area contributed by atoms with Gasteiger partial charge >= 0.3 is 5.97 Å². The van der Waals surface area contributed by atoms with E-state index >= 15 is 0 Å². The Hall–Kier alpha value is -2.67. The fraction of sp³-hybridized carbons (Fsp3) is 0.167. The Kier molecular flexibility index (Phi) is 6.71. The summed E-state index contributed by atoms with van der Waals surface area (Å²) in [5, 5.41) is 12.9. The number of nitrogens with one attached hydrogen (secondary N) is 1. The quantitative estimate of drug-likeness (QED) is 0.547. The number of hydrogen-bond donors (Lipinski definition) is 2. The van der Waals surface area contributed by atoms with E-state index in [0.29, 0.717) is 11.3 Å². The predicted octanol–water partition coefficient (Wildman–Crippen LogP) is 3.24. The molecule has 0 heterocycles. The van der Waals surface area contributed by atoms with Gasteiger partial charge in [-0.05, 0) is 36.2 Å². The molecule has 0 aliphatic rings. The van der Waals surface area contributed by atoms with Crippen molar-refractivity contribution >= 4 is 34.0 Å². The molecule has 2 rings (SSSR count). The topological polar surface area (TPSA) is 88.0 Å². The van der Waals surface area contributed by atoms with E-state index in [1.807, 2.05) is 19.1 Å². The highest BCUT2D eigenvalue weighted by Crippen LogP contribution is 2.23. The maximum Gasteiger partial charge on any atom is 0.336 e. The third kappa shape index (κ3) is 5.42. The number of carbonyl (C=O) groups is 2. The maximum absolute atomic E-state index is 11.8. The number of nitrogens with zero attached hydrogens (tertiary/aromatic N) is 1. The van der Waals surface area contributed by atoms with Gasteiger partial charge in [0.05, 0.1) is 11.8 Å². The highest BCUT2D eigenvalue weighted by Gasteiger charge is 2.08. The molecule has 2 aromatic carbocycles. The smallest absolute Gasteiger partial charge is 0.336 e. The summed E-state index contributed by atoms with van der Waals surface area (Å²) in [6.45, 7) is 1.81. The Bertz CT molecular complexity index is 805. The van der Waals surface area contributed by atoms with E-state index < -0.39 is 11.9 Å². The fourth-order valence-corrected chi connectivity index (χ4v) is 2.53. The van der Waals surface area contributed by atoms with Crippen LogP contribution in [0.15, 0.2) is 52.0 Å². The van der Waals surface area contributed by atoms with Gasteiger partial charge < -0.3 is 9.84 Å². The largest absolute Gasteiger partial charge is 0.483 e. The average Bonchev–Trinajstić information content (AvgIpc) is 2.60. The second kappa shape index (κ2) is 8.98. The first-order chi connectivity index (χ1) is 12.0. The Morgan fingerprint density at radius 3 is 2.76 bits per heavy atom. The number of hydrogen-bond acceptors (Lipinski definition) is 4. The van der Waals surface area contributed by atoms with Crippen LogP contribution >= 0.6 is 15.9 Å². The zero-order valence-corrected chi connectivity index (χ0v) is 15.1. The highest BCUT2D eigenvalue weighted by atomic mass is 79.9. The monoisotopic (exact) mass is 404 g/mol. The van der Waals surface area contributed by atoms with Crippen LogP contribution in [0.5, 0.6) is 5.75 Å². The summed E-state index contributed by atoms with van der Waals surface area (Å²) in [6, 6.07) is 12.0. The van der Waals surface area contributed by atoms with Gasteiger partial charge in [0.15, 0.2) is 6.61 Å². The van der Waals surface area contributed by atoms with Crippen LogP contribution in [0.1, 0.15) is 28.4 Å². The van der Waals surface area contributed by atoms with E-state index in [-0.39, 0.29) is 12.2 Å². The van der Waals surface area contributed by atoms with Crippen LogP contribution in [0.4, 0.5) is 0 Å². The number of halogens is 1. The van der Waals surface area contributed by atoms with Gasteiger partial charge in [-0.1, -0.05) is 41.1 Å². The molecule has 0 radical (unpaired) electrons. The minimum atomic E-state index is -1.06. The SMILES string of the molecule is CCc1cc(Br)ccc1OCC(=O)N/N=C/c1ccccc1C(=O)O. The van der Waals surface area contributed by atoms with Crippen LogP contribution in [0.2, 0.25) is 0 Å². The van der Waals surface area contributed by atoms with Crippen molar-refractivity contribution in [2.45, 2.75) is 13.3 Å². The first-order valence-electron chi connectivity index (χ1n) is 7.56. The number of amides is 1. The number of rotatable bonds is 7. The molecule has 0 aromatic heterocycles. The molecule has 0 spiro atoms. The Balaban J connectivity index is 1.92. The minimum Gasteiger partial charge on any atom is -0.483 e. The molecule has 130 valence electrons. The lowest BCUT2D eigenvalue weighted by Gasteiger charge is -2.10. The molecule has 2 N–H and O–H groups in total. The lowest BCUT2D eigenvalue weighted by molar-refractivity contribution is -0.123. The lowest BCUT2D eigenvalue weighted by atomic mass is 10.1. The molecule has 25 heavy (non-hydrogen) atoms. The second-order valence-electron chi connectivity index (χ2n) is 5.08. The summed E-state index contributed by atoms with van der Waals surface area (Å²) in [4.78, 5) is 22.9. The summed E-state index contributed by atoms with van der Waals surface area (Å²) >= 11 is 3.39. The predicted molar refractivity (Wildman–Crippen MR) is 98.2 cm³/mol. The van der Waals surface area contributed by atoms with E-state index in [1.165, 1.54) is 12.3 Å². The molecule has 1 amide bonds. The van der Waals surface area contributed by atoms with Gasteiger partial charge in [0, 0.05) is 10.0 Å². The molecule has 0 saturated carbocycles. The minimum absolute atomic E-state index is 0.110. The van der Waals surface area contributed by atoms with Gasteiger partial charge in [0.1, 0.15) is 5.75 Å². The van der Waals surface area contributed by atoms with Crippen LogP contribution in [0, 0.1) is 0 Å². The van der Waals surface area contributed by atoms with E-state index in [1.54, 1.807) is 24.3 Å². The van der Waals surface area contributed by atoms with Crippen LogP contribution in [0.25, 0.3) is 0 Å². The van der Waals surface area contributed by atoms with Crippen molar-refractivity contribution in [1.82, 2.24) is 5.43 Å². The number of carboxylic acid groups (broad SMARTS) is 1. The Morgan fingerprint density at radius 1 is 1.28 bits per heavy atom. The van der Waals surface area contributed by atoms with Crippen LogP contribution in [-0.2, 0) is 11.2 Å². The fourth-order valence-electron chi connectivity index (χ4n) is 2.12. The number of carbonyl (C=O) groups excluding carboxylic acids is 1. The zero-order valence-electron chi connectivity index (χ0n) is 13.5. The van der Waals surface area contributed by atoms with Crippen molar-refractivity contribution in [2.75, 3.05) is 6.61 Å². The van der Waals surface area contributed by atoms with Crippen molar-refractivity contribution in [1.29, 1.82) is 0 Å².